The summed E-state index contributed by atoms with van der Waals surface area (Å²) >= 11 is 0. The van der Waals surface area contributed by atoms with Crippen LogP contribution in [0, 0.1) is 5.92 Å². The van der Waals surface area contributed by atoms with Gasteiger partial charge in [0, 0.05) is 25.7 Å². The van der Waals surface area contributed by atoms with Gasteiger partial charge in [-0.3, -0.25) is 4.99 Å². The van der Waals surface area contributed by atoms with E-state index in [1.807, 2.05) is 6.92 Å². The Morgan fingerprint density at radius 2 is 1.92 bits per heavy atom. The second kappa shape index (κ2) is 11.1. The number of sulfonamides is 1. The Labute approximate surface area is 158 Å². The molecule has 1 saturated heterocycles. The second-order valence-electron chi connectivity index (χ2n) is 7.52. The Balaban J connectivity index is 1.74. The van der Waals surface area contributed by atoms with E-state index >= 15 is 0 Å². The van der Waals surface area contributed by atoms with E-state index in [0.717, 1.165) is 57.1 Å². The molecule has 7 nitrogen and oxygen atoms in total. The quantitative estimate of drug-likeness (QED) is 0.434. The van der Waals surface area contributed by atoms with Crippen LogP contribution in [0.4, 0.5) is 0 Å². The first-order valence-electron chi connectivity index (χ1n) is 10.1. The fourth-order valence-corrected chi connectivity index (χ4v) is 4.37. The number of nitrogens with zero attached hydrogens (tertiary/aromatic N) is 1. The van der Waals surface area contributed by atoms with Gasteiger partial charge in [0.15, 0.2) is 5.96 Å². The summed E-state index contributed by atoms with van der Waals surface area (Å²) in [6, 6.07) is 0.433. The molecule has 0 radical (unpaired) electrons. The molecule has 3 N–H and O–H groups in total. The van der Waals surface area contributed by atoms with E-state index < -0.39 is 10.0 Å². The van der Waals surface area contributed by atoms with Crippen LogP contribution in [0.25, 0.3) is 0 Å². The van der Waals surface area contributed by atoms with Gasteiger partial charge in [-0.1, -0.05) is 6.92 Å². The van der Waals surface area contributed by atoms with E-state index in [1.54, 1.807) is 0 Å². The van der Waals surface area contributed by atoms with E-state index in [-0.39, 0.29) is 18.4 Å². The van der Waals surface area contributed by atoms with Crippen molar-refractivity contribution in [1.29, 1.82) is 0 Å². The van der Waals surface area contributed by atoms with Crippen LogP contribution >= 0.6 is 0 Å². The Kier molecular flexibility index (Phi) is 9.15. The lowest BCUT2D eigenvalue weighted by atomic mass is 9.87. The summed E-state index contributed by atoms with van der Waals surface area (Å²) in [4.78, 5) is 4.45. The Bertz CT molecular complexity index is 525. The van der Waals surface area contributed by atoms with E-state index in [0.29, 0.717) is 12.6 Å². The van der Waals surface area contributed by atoms with E-state index in [1.165, 1.54) is 12.8 Å². The number of nitrogens with one attached hydrogen (secondary N) is 3. The maximum absolute atomic E-state index is 12.2. The summed E-state index contributed by atoms with van der Waals surface area (Å²) in [6.07, 6.45) is 7.87. The molecule has 0 aromatic carbocycles. The number of hydrogen-bond acceptors (Lipinski definition) is 4. The lowest BCUT2D eigenvalue weighted by molar-refractivity contribution is 0.0200. The fourth-order valence-electron chi connectivity index (χ4n) is 3.46. The molecule has 2 aliphatic rings. The zero-order chi connectivity index (χ0) is 18.8. The third kappa shape index (κ3) is 8.22. The Morgan fingerprint density at radius 1 is 1.15 bits per heavy atom. The highest BCUT2D eigenvalue weighted by molar-refractivity contribution is 7.89. The molecule has 26 heavy (non-hydrogen) atoms. The van der Waals surface area contributed by atoms with Gasteiger partial charge in [-0.25, -0.2) is 13.1 Å². The van der Waals surface area contributed by atoms with E-state index in [2.05, 4.69) is 27.3 Å². The van der Waals surface area contributed by atoms with Crippen molar-refractivity contribution < 1.29 is 13.2 Å². The highest BCUT2D eigenvalue weighted by Gasteiger charge is 2.20. The SMILES string of the molecule is CCNC(=NCCS(=O)(=O)NCC1CCCCO1)NC1CCC(C)CC1. The van der Waals surface area contributed by atoms with Crippen molar-refractivity contribution in [3.05, 3.63) is 0 Å². The maximum Gasteiger partial charge on any atom is 0.213 e. The Hall–Kier alpha value is -0.860. The standard InChI is InChI=1S/C18H36N4O3S/c1-3-19-18(22-16-9-7-15(2)8-10-16)20-11-13-26(23,24)21-14-17-6-4-5-12-25-17/h15-17,21H,3-14H2,1-2H3,(H2,19,20,22). The highest BCUT2D eigenvalue weighted by atomic mass is 32.2. The summed E-state index contributed by atoms with van der Waals surface area (Å²) in [5, 5.41) is 6.67. The first-order valence-corrected chi connectivity index (χ1v) is 11.8. The molecule has 1 aliphatic carbocycles. The van der Waals surface area contributed by atoms with Crippen molar-refractivity contribution in [2.24, 2.45) is 10.9 Å². The van der Waals surface area contributed by atoms with Crippen LogP contribution in [0.15, 0.2) is 4.99 Å². The van der Waals surface area contributed by atoms with Crippen LogP contribution in [0.1, 0.15) is 58.8 Å². The average Bonchev–Trinajstić information content (AvgIpc) is 2.63. The first kappa shape index (κ1) is 21.4. The smallest absolute Gasteiger partial charge is 0.213 e. The molecule has 2 rings (SSSR count). The van der Waals surface area contributed by atoms with Crippen molar-refractivity contribution in [3.8, 4) is 0 Å². The third-order valence-electron chi connectivity index (χ3n) is 5.14. The minimum Gasteiger partial charge on any atom is -0.377 e. The molecule has 1 aliphatic heterocycles. The summed E-state index contributed by atoms with van der Waals surface area (Å²) in [7, 11) is -3.32. The van der Waals surface area contributed by atoms with Crippen LogP contribution in [-0.2, 0) is 14.8 Å². The number of rotatable bonds is 8. The van der Waals surface area contributed by atoms with Gasteiger partial charge >= 0.3 is 0 Å². The van der Waals surface area contributed by atoms with Crippen LogP contribution in [0.2, 0.25) is 0 Å². The predicted octanol–water partition coefficient (Wildman–Crippen LogP) is 1.61. The fraction of sp³-hybridized carbons (Fsp3) is 0.944. The highest BCUT2D eigenvalue weighted by Crippen LogP contribution is 2.23. The molecule has 0 amide bonds. The third-order valence-corrected chi connectivity index (χ3v) is 6.46. The van der Waals surface area contributed by atoms with Crippen molar-refractivity contribution in [3.63, 3.8) is 0 Å². The van der Waals surface area contributed by atoms with E-state index in [9.17, 15) is 8.42 Å². The maximum atomic E-state index is 12.2. The van der Waals surface area contributed by atoms with E-state index in [4.69, 9.17) is 4.74 Å². The molecule has 0 aromatic heterocycles. The Morgan fingerprint density at radius 3 is 2.58 bits per heavy atom. The lowest BCUT2D eigenvalue weighted by Gasteiger charge is -2.28. The van der Waals surface area contributed by atoms with Gasteiger partial charge < -0.3 is 15.4 Å². The number of aliphatic imine (C=N–C) groups is 1. The van der Waals surface area contributed by atoms with Gasteiger partial charge in [0.1, 0.15) is 0 Å². The van der Waals surface area contributed by atoms with Gasteiger partial charge in [0.05, 0.1) is 18.4 Å². The molecule has 1 atom stereocenters. The van der Waals surface area contributed by atoms with Crippen molar-refractivity contribution in [2.75, 3.05) is 32.0 Å². The van der Waals surface area contributed by atoms with Crippen LogP contribution < -0.4 is 15.4 Å². The minimum atomic E-state index is -3.32. The van der Waals surface area contributed by atoms with Crippen molar-refractivity contribution in [1.82, 2.24) is 15.4 Å². The van der Waals surface area contributed by atoms with Crippen molar-refractivity contribution in [2.45, 2.75) is 70.9 Å². The predicted molar refractivity (Wildman–Crippen MR) is 106 cm³/mol. The molecule has 152 valence electrons. The normalized spacial score (nSPS) is 27.9. The topological polar surface area (TPSA) is 91.8 Å². The number of guanidine groups is 1. The van der Waals surface area contributed by atoms with Gasteiger partial charge in [0.25, 0.3) is 0 Å². The van der Waals surface area contributed by atoms with Crippen LogP contribution in [-0.4, -0.2) is 58.5 Å². The molecule has 0 aromatic rings. The van der Waals surface area contributed by atoms with Crippen molar-refractivity contribution >= 4 is 16.0 Å². The summed E-state index contributed by atoms with van der Waals surface area (Å²) in [6.45, 7) is 6.42. The van der Waals surface area contributed by atoms with Crippen LogP contribution in [0.5, 0.6) is 0 Å². The molecule has 2 fully saturated rings. The lowest BCUT2D eigenvalue weighted by Crippen LogP contribution is -2.45. The summed E-state index contributed by atoms with van der Waals surface area (Å²) < 4.78 is 32.5. The molecule has 0 bridgehead atoms. The average molecular weight is 389 g/mol. The monoisotopic (exact) mass is 388 g/mol. The van der Waals surface area contributed by atoms with Gasteiger partial charge in [0.2, 0.25) is 10.0 Å². The zero-order valence-electron chi connectivity index (χ0n) is 16.3. The first-order chi connectivity index (χ1) is 12.5. The minimum absolute atomic E-state index is 0.00199. The van der Waals surface area contributed by atoms with Gasteiger partial charge in [-0.15, -0.1) is 0 Å². The molecular formula is C18H36N4O3S. The molecule has 1 heterocycles. The molecule has 1 saturated carbocycles. The second-order valence-corrected chi connectivity index (χ2v) is 9.44. The molecular weight excluding hydrogens is 352 g/mol. The molecule has 0 spiro atoms. The number of hydrogen-bond donors (Lipinski definition) is 3. The zero-order valence-corrected chi connectivity index (χ0v) is 17.1. The largest absolute Gasteiger partial charge is 0.377 e. The molecule has 8 heteroatoms. The van der Waals surface area contributed by atoms with Gasteiger partial charge in [-0.2, -0.15) is 0 Å². The van der Waals surface area contributed by atoms with Gasteiger partial charge in [-0.05, 0) is 57.8 Å². The number of ether oxygens (including phenoxy) is 1. The van der Waals surface area contributed by atoms with Crippen LogP contribution in [0.3, 0.4) is 0 Å². The molecule has 1 unspecified atom stereocenters. The summed E-state index contributed by atoms with van der Waals surface area (Å²) in [5.74, 6) is 1.52. The summed E-state index contributed by atoms with van der Waals surface area (Å²) in [5.41, 5.74) is 0.